The van der Waals surface area contributed by atoms with Crippen molar-refractivity contribution in [3.05, 3.63) is 35.4 Å². The molecule has 1 aromatic carbocycles. The van der Waals surface area contributed by atoms with Crippen molar-refractivity contribution in [2.45, 2.75) is 25.0 Å². The fraction of sp³-hybridized carbons (Fsp3) is 0.333. The van der Waals surface area contributed by atoms with Gasteiger partial charge in [0.25, 0.3) is 17.7 Å². The van der Waals surface area contributed by atoms with Gasteiger partial charge < -0.3 is 10.2 Å². The Labute approximate surface area is 125 Å². The number of nitrogens with zero attached hydrogens (tertiary/aromatic N) is 2. The number of hydrogen-bond acceptors (Lipinski definition) is 4. The average molecular weight is 299 g/mol. The van der Waals surface area contributed by atoms with Crippen LogP contribution in [0, 0.1) is 0 Å². The minimum absolute atomic E-state index is 0.262. The number of piperazine rings is 1. The van der Waals surface area contributed by atoms with E-state index in [0.29, 0.717) is 13.0 Å². The van der Waals surface area contributed by atoms with Crippen LogP contribution in [0.5, 0.6) is 0 Å². The Morgan fingerprint density at radius 2 is 1.64 bits per heavy atom. The first-order valence-electron chi connectivity index (χ1n) is 7.17. The van der Waals surface area contributed by atoms with Gasteiger partial charge in [-0.3, -0.25) is 19.2 Å². The predicted molar refractivity (Wildman–Crippen MR) is 73.6 cm³/mol. The quantitative estimate of drug-likeness (QED) is 0.723. The van der Waals surface area contributed by atoms with Crippen LogP contribution in [0.1, 0.15) is 33.6 Å². The molecule has 3 aliphatic rings. The first-order valence-corrected chi connectivity index (χ1v) is 7.17. The van der Waals surface area contributed by atoms with Gasteiger partial charge in [0, 0.05) is 6.54 Å². The number of hydrogen-bond donors (Lipinski definition) is 1. The standard InChI is InChI=1S/C15H13N3O4/c19-12-10-6-3-7-17(10)15(22)11(16-12)18-13(20)8-4-1-2-5-9(8)14(18)21/h1-2,4-5,10-11H,3,6-7H2,(H,16,19)/t10-,11+/m0/s1. The Bertz CT molecular complexity index is 694. The molecule has 1 aromatic rings. The normalized spacial score (nSPS) is 27.1. The largest absolute Gasteiger partial charge is 0.327 e. The molecule has 0 spiro atoms. The van der Waals surface area contributed by atoms with Crippen LogP contribution in [0.25, 0.3) is 0 Å². The fourth-order valence-electron chi connectivity index (χ4n) is 3.37. The van der Waals surface area contributed by atoms with Gasteiger partial charge in [-0.15, -0.1) is 0 Å². The van der Waals surface area contributed by atoms with E-state index in [1.165, 1.54) is 4.90 Å². The Morgan fingerprint density at radius 1 is 1.00 bits per heavy atom. The minimum atomic E-state index is -1.24. The van der Waals surface area contributed by atoms with E-state index in [1.54, 1.807) is 24.3 Å². The van der Waals surface area contributed by atoms with Crippen molar-refractivity contribution < 1.29 is 19.2 Å². The summed E-state index contributed by atoms with van der Waals surface area (Å²) in [5, 5.41) is 2.53. The van der Waals surface area contributed by atoms with Gasteiger partial charge in [-0.25, -0.2) is 4.90 Å². The first kappa shape index (κ1) is 13.0. The zero-order chi connectivity index (χ0) is 15.4. The molecule has 0 radical (unpaired) electrons. The Balaban J connectivity index is 1.71. The van der Waals surface area contributed by atoms with Gasteiger partial charge in [0.15, 0.2) is 6.17 Å². The van der Waals surface area contributed by atoms with Gasteiger partial charge in [0.05, 0.1) is 11.1 Å². The SMILES string of the molecule is O=C1N[C@H](N2C(=O)c3ccccc3C2=O)C(=O)N2CCC[C@@H]12. The molecule has 0 aromatic heterocycles. The third-order valence-corrected chi connectivity index (χ3v) is 4.44. The third-order valence-electron chi connectivity index (χ3n) is 4.44. The predicted octanol–water partition coefficient (Wildman–Crippen LogP) is -0.271. The van der Waals surface area contributed by atoms with Crippen LogP contribution >= 0.6 is 0 Å². The molecule has 22 heavy (non-hydrogen) atoms. The molecule has 4 amide bonds. The van der Waals surface area contributed by atoms with Gasteiger partial charge in [-0.05, 0) is 25.0 Å². The van der Waals surface area contributed by atoms with E-state index in [0.717, 1.165) is 11.3 Å². The van der Waals surface area contributed by atoms with Crippen LogP contribution < -0.4 is 5.32 Å². The molecule has 2 fully saturated rings. The van der Waals surface area contributed by atoms with E-state index >= 15 is 0 Å². The highest BCUT2D eigenvalue weighted by atomic mass is 16.2. The van der Waals surface area contributed by atoms with Crippen molar-refractivity contribution in [2.75, 3.05) is 6.54 Å². The van der Waals surface area contributed by atoms with Gasteiger partial charge in [0.1, 0.15) is 6.04 Å². The number of benzene rings is 1. The lowest BCUT2D eigenvalue weighted by Gasteiger charge is -2.37. The molecule has 0 aliphatic carbocycles. The van der Waals surface area contributed by atoms with Crippen molar-refractivity contribution in [3.63, 3.8) is 0 Å². The monoisotopic (exact) mass is 299 g/mol. The molecule has 0 bridgehead atoms. The average Bonchev–Trinajstić information content (AvgIpc) is 3.10. The van der Waals surface area contributed by atoms with Crippen LogP contribution in [-0.4, -0.2) is 52.2 Å². The summed E-state index contributed by atoms with van der Waals surface area (Å²) in [6.45, 7) is 0.483. The van der Waals surface area contributed by atoms with Crippen molar-refractivity contribution in [3.8, 4) is 0 Å². The van der Waals surface area contributed by atoms with Crippen LogP contribution in [-0.2, 0) is 9.59 Å². The second kappa shape index (κ2) is 4.40. The zero-order valence-electron chi connectivity index (χ0n) is 11.6. The van der Waals surface area contributed by atoms with Crippen LogP contribution in [0.3, 0.4) is 0 Å². The number of rotatable bonds is 1. The van der Waals surface area contributed by atoms with E-state index in [1.807, 2.05) is 0 Å². The highest BCUT2D eigenvalue weighted by Crippen LogP contribution is 2.28. The molecule has 7 nitrogen and oxygen atoms in total. The van der Waals surface area contributed by atoms with E-state index in [-0.39, 0.29) is 17.0 Å². The van der Waals surface area contributed by atoms with Crippen molar-refractivity contribution >= 4 is 23.6 Å². The molecule has 3 aliphatic heterocycles. The number of fused-ring (bicyclic) bond motifs is 2. The van der Waals surface area contributed by atoms with Crippen LogP contribution in [0.15, 0.2) is 24.3 Å². The molecular formula is C15H13N3O4. The second-order valence-electron chi connectivity index (χ2n) is 5.63. The van der Waals surface area contributed by atoms with Crippen molar-refractivity contribution in [1.29, 1.82) is 0 Å². The van der Waals surface area contributed by atoms with E-state index < -0.39 is 29.9 Å². The maximum Gasteiger partial charge on any atom is 0.267 e. The molecule has 4 rings (SSSR count). The van der Waals surface area contributed by atoms with Crippen molar-refractivity contribution in [2.24, 2.45) is 0 Å². The smallest absolute Gasteiger partial charge is 0.267 e. The molecular weight excluding hydrogens is 286 g/mol. The number of nitrogens with one attached hydrogen (secondary N) is 1. The summed E-state index contributed by atoms with van der Waals surface area (Å²) in [4.78, 5) is 51.9. The Hall–Kier alpha value is -2.70. The maximum atomic E-state index is 12.5. The summed E-state index contributed by atoms with van der Waals surface area (Å²) in [6.07, 6.45) is 0.125. The lowest BCUT2D eigenvalue weighted by atomic mass is 10.1. The number of carbonyl (C=O) groups excluding carboxylic acids is 4. The van der Waals surface area contributed by atoms with Crippen molar-refractivity contribution in [1.82, 2.24) is 15.1 Å². The summed E-state index contributed by atoms with van der Waals surface area (Å²) in [6, 6.07) is 5.93. The summed E-state index contributed by atoms with van der Waals surface area (Å²) >= 11 is 0. The molecule has 0 unspecified atom stereocenters. The van der Waals surface area contributed by atoms with E-state index in [9.17, 15) is 19.2 Å². The molecule has 7 heteroatoms. The molecule has 1 N–H and O–H groups in total. The lowest BCUT2D eigenvalue weighted by molar-refractivity contribution is -0.150. The zero-order valence-corrected chi connectivity index (χ0v) is 11.6. The van der Waals surface area contributed by atoms with E-state index in [4.69, 9.17) is 0 Å². The van der Waals surface area contributed by atoms with Crippen LogP contribution in [0.2, 0.25) is 0 Å². The molecule has 2 saturated heterocycles. The van der Waals surface area contributed by atoms with Gasteiger partial charge in [-0.1, -0.05) is 12.1 Å². The summed E-state index contributed by atoms with van der Waals surface area (Å²) < 4.78 is 0. The Morgan fingerprint density at radius 3 is 2.27 bits per heavy atom. The minimum Gasteiger partial charge on any atom is -0.327 e. The fourth-order valence-corrected chi connectivity index (χ4v) is 3.37. The third kappa shape index (κ3) is 1.56. The van der Waals surface area contributed by atoms with Gasteiger partial charge in [-0.2, -0.15) is 0 Å². The summed E-state index contributed by atoms with van der Waals surface area (Å²) in [5.74, 6) is -1.79. The first-order chi connectivity index (χ1) is 10.6. The lowest BCUT2D eigenvalue weighted by Crippen LogP contribution is -2.67. The summed E-state index contributed by atoms with van der Waals surface area (Å²) in [7, 11) is 0. The molecule has 2 atom stereocenters. The molecule has 3 heterocycles. The van der Waals surface area contributed by atoms with E-state index in [2.05, 4.69) is 5.32 Å². The summed E-state index contributed by atoms with van der Waals surface area (Å²) in [5.41, 5.74) is 0.524. The highest BCUT2D eigenvalue weighted by Gasteiger charge is 2.50. The number of amides is 4. The van der Waals surface area contributed by atoms with Gasteiger partial charge >= 0.3 is 0 Å². The maximum absolute atomic E-state index is 12.5. The topological polar surface area (TPSA) is 86.8 Å². The van der Waals surface area contributed by atoms with Gasteiger partial charge in [0.2, 0.25) is 5.91 Å². The second-order valence-corrected chi connectivity index (χ2v) is 5.63. The number of carbonyl (C=O) groups is 4. The number of imide groups is 1. The molecule has 0 saturated carbocycles. The van der Waals surface area contributed by atoms with Crippen LogP contribution in [0.4, 0.5) is 0 Å². The Kier molecular flexibility index (Phi) is 2.60. The molecule has 112 valence electrons. The highest BCUT2D eigenvalue weighted by molar-refractivity contribution is 6.23.